The smallest absolute Gasteiger partial charge is 0.269 e. The zero-order valence-electron chi connectivity index (χ0n) is 10.2. The van der Waals surface area contributed by atoms with Crippen molar-refractivity contribution >= 4 is 11.4 Å². The molecule has 5 nitrogen and oxygen atoms in total. The molecule has 0 saturated carbocycles. The minimum Gasteiger partial charge on any atom is -0.288 e. The highest BCUT2D eigenvalue weighted by Crippen LogP contribution is 2.27. The molecule has 0 aromatic heterocycles. The Morgan fingerprint density at radius 2 is 2.06 bits per heavy atom. The fraction of sp³-hybridized carbons (Fsp3) is 0.385. The van der Waals surface area contributed by atoms with Gasteiger partial charge in [0.05, 0.1) is 16.7 Å². The number of hydrogen-bond acceptors (Lipinski definition) is 4. The Morgan fingerprint density at radius 3 is 2.61 bits per heavy atom. The van der Waals surface area contributed by atoms with Gasteiger partial charge in [-0.15, -0.1) is 0 Å². The third-order valence-corrected chi connectivity index (χ3v) is 3.29. The third-order valence-electron chi connectivity index (χ3n) is 3.29. The van der Waals surface area contributed by atoms with Crippen LogP contribution in [0.5, 0.6) is 0 Å². The average Bonchev–Trinajstić information content (AvgIpc) is 2.38. The normalized spacial score (nSPS) is 19.2. The number of allylic oxidation sites excluding steroid dienone is 1. The molecule has 5 heteroatoms. The van der Waals surface area contributed by atoms with Gasteiger partial charge in [0.25, 0.3) is 5.69 Å². The largest absolute Gasteiger partial charge is 0.288 e. The zero-order chi connectivity index (χ0) is 13.1. The molecule has 0 heterocycles. The van der Waals surface area contributed by atoms with Crippen LogP contribution >= 0.6 is 0 Å². The molecule has 2 rings (SSSR count). The number of hydroxylamine groups is 1. The van der Waals surface area contributed by atoms with Gasteiger partial charge in [0.15, 0.2) is 0 Å². The molecule has 0 fully saturated rings. The first-order chi connectivity index (χ1) is 8.59. The minimum atomic E-state index is -0.447. The van der Waals surface area contributed by atoms with Crippen LogP contribution in [0.1, 0.15) is 26.2 Å². The molecular formula is C13H16N2O3. The maximum atomic E-state index is 10.6. The molecule has 0 bridgehead atoms. The zero-order valence-corrected chi connectivity index (χ0v) is 10.2. The van der Waals surface area contributed by atoms with Crippen LogP contribution in [0.2, 0.25) is 0 Å². The number of anilines is 1. The highest BCUT2D eigenvalue weighted by atomic mass is 16.6. The van der Waals surface area contributed by atoms with Crippen LogP contribution < -0.4 is 5.06 Å². The van der Waals surface area contributed by atoms with Crippen molar-refractivity contribution in [3.05, 3.63) is 46.0 Å². The maximum Gasteiger partial charge on any atom is 0.269 e. The van der Waals surface area contributed by atoms with E-state index in [-0.39, 0.29) is 11.7 Å². The summed E-state index contributed by atoms with van der Waals surface area (Å²) >= 11 is 0. The Balaban J connectivity index is 2.18. The number of nitrogens with zero attached hydrogens (tertiary/aromatic N) is 2. The molecule has 0 saturated heterocycles. The summed E-state index contributed by atoms with van der Waals surface area (Å²) in [6.45, 7) is 2.00. The lowest BCUT2D eigenvalue weighted by Gasteiger charge is -2.30. The first-order valence-electron chi connectivity index (χ1n) is 5.99. The Morgan fingerprint density at radius 1 is 1.39 bits per heavy atom. The van der Waals surface area contributed by atoms with Gasteiger partial charge in [-0.1, -0.05) is 11.6 Å². The van der Waals surface area contributed by atoms with E-state index in [9.17, 15) is 15.3 Å². The molecule has 18 heavy (non-hydrogen) atoms. The summed E-state index contributed by atoms with van der Waals surface area (Å²) < 4.78 is 0. The van der Waals surface area contributed by atoms with Crippen LogP contribution in [0.3, 0.4) is 0 Å². The molecule has 1 N–H and O–H groups in total. The van der Waals surface area contributed by atoms with Gasteiger partial charge < -0.3 is 0 Å². The van der Waals surface area contributed by atoms with Crippen LogP contribution in [0.4, 0.5) is 11.4 Å². The SMILES string of the molecule is CC1=CCCCC1N(O)c1ccc([N+](=O)[O-])cc1. The molecule has 0 spiro atoms. The molecule has 1 aliphatic carbocycles. The molecule has 1 aliphatic rings. The molecule has 1 aromatic rings. The lowest BCUT2D eigenvalue weighted by atomic mass is 9.95. The van der Waals surface area contributed by atoms with Crippen molar-refractivity contribution in [3.63, 3.8) is 0 Å². The van der Waals surface area contributed by atoms with Crippen LogP contribution in [0, 0.1) is 10.1 Å². The van der Waals surface area contributed by atoms with Gasteiger partial charge in [-0.05, 0) is 38.3 Å². The summed E-state index contributed by atoms with van der Waals surface area (Å²) in [5.74, 6) is 0. The highest BCUT2D eigenvalue weighted by molar-refractivity contribution is 5.50. The van der Waals surface area contributed by atoms with Crippen LogP contribution in [0.25, 0.3) is 0 Å². The maximum absolute atomic E-state index is 10.6. The number of rotatable bonds is 3. The lowest BCUT2D eigenvalue weighted by Crippen LogP contribution is -2.34. The Bertz CT molecular complexity index is 468. The van der Waals surface area contributed by atoms with Crippen molar-refractivity contribution in [1.29, 1.82) is 0 Å². The van der Waals surface area contributed by atoms with E-state index in [0.717, 1.165) is 24.8 Å². The second-order valence-electron chi connectivity index (χ2n) is 4.51. The fourth-order valence-electron chi connectivity index (χ4n) is 2.23. The van der Waals surface area contributed by atoms with E-state index in [1.807, 2.05) is 6.92 Å². The quantitative estimate of drug-likeness (QED) is 0.506. The van der Waals surface area contributed by atoms with Crippen LogP contribution in [-0.2, 0) is 0 Å². The molecule has 0 amide bonds. The van der Waals surface area contributed by atoms with E-state index in [4.69, 9.17) is 0 Å². The van der Waals surface area contributed by atoms with E-state index in [1.165, 1.54) is 17.2 Å². The molecular weight excluding hydrogens is 232 g/mol. The monoisotopic (exact) mass is 248 g/mol. The third kappa shape index (κ3) is 2.51. The van der Waals surface area contributed by atoms with Crippen molar-refractivity contribution in [2.75, 3.05) is 5.06 Å². The molecule has 1 atom stereocenters. The number of non-ortho nitro benzene ring substituents is 1. The van der Waals surface area contributed by atoms with Crippen molar-refractivity contribution in [2.45, 2.75) is 32.2 Å². The van der Waals surface area contributed by atoms with E-state index >= 15 is 0 Å². The topological polar surface area (TPSA) is 66.6 Å². The number of hydrogen-bond donors (Lipinski definition) is 1. The summed E-state index contributed by atoms with van der Waals surface area (Å²) in [6.07, 6.45) is 5.13. The lowest BCUT2D eigenvalue weighted by molar-refractivity contribution is -0.384. The standard InChI is InChI=1S/C13H16N2O3/c1-10-4-2-3-5-13(10)14(16)11-6-8-12(9-7-11)15(17)18/h4,6-9,13,16H,2-3,5H2,1H3. The van der Waals surface area contributed by atoms with Crippen molar-refractivity contribution in [2.24, 2.45) is 0 Å². The molecule has 0 aliphatic heterocycles. The molecule has 1 aromatic carbocycles. The van der Waals surface area contributed by atoms with Crippen LogP contribution in [0.15, 0.2) is 35.9 Å². The van der Waals surface area contributed by atoms with Crippen LogP contribution in [-0.4, -0.2) is 16.2 Å². The van der Waals surface area contributed by atoms with E-state index in [1.54, 1.807) is 12.1 Å². The van der Waals surface area contributed by atoms with Gasteiger partial charge in [-0.2, -0.15) is 0 Å². The number of nitro groups is 1. The van der Waals surface area contributed by atoms with Crippen molar-refractivity contribution in [1.82, 2.24) is 0 Å². The summed E-state index contributed by atoms with van der Waals surface area (Å²) in [5, 5.41) is 21.9. The Labute approximate surface area is 105 Å². The molecule has 0 radical (unpaired) electrons. The summed E-state index contributed by atoms with van der Waals surface area (Å²) in [5.41, 5.74) is 1.76. The summed E-state index contributed by atoms with van der Waals surface area (Å²) in [7, 11) is 0. The highest BCUT2D eigenvalue weighted by Gasteiger charge is 2.21. The second-order valence-corrected chi connectivity index (χ2v) is 4.51. The van der Waals surface area contributed by atoms with E-state index in [0.29, 0.717) is 5.69 Å². The Kier molecular flexibility index (Phi) is 3.62. The minimum absolute atomic E-state index is 0.0276. The number of benzene rings is 1. The average molecular weight is 248 g/mol. The van der Waals surface area contributed by atoms with E-state index < -0.39 is 4.92 Å². The summed E-state index contributed by atoms with van der Waals surface area (Å²) in [4.78, 5) is 10.1. The second kappa shape index (κ2) is 5.18. The van der Waals surface area contributed by atoms with Gasteiger partial charge in [0.2, 0.25) is 0 Å². The van der Waals surface area contributed by atoms with Gasteiger partial charge in [0, 0.05) is 12.1 Å². The van der Waals surface area contributed by atoms with Gasteiger partial charge in [-0.25, -0.2) is 5.06 Å². The first kappa shape index (κ1) is 12.6. The summed E-state index contributed by atoms with van der Waals surface area (Å²) in [6, 6.07) is 5.92. The molecule has 1 unspecified atom stereocenters. The van der Waals surface area contributed by atoms with Gasteiger partial charge >= 0.3 is 0 Å². The predicted molar refractivity (Wildman–Crippen MR) is 68.8 cm³/mol. The van der Waals surface area contributed by atoms with E-state index in [2.05, 4.69) is 6.08 Å². The fourth-order valence-corrected chi connectivity index (χ4v) is 2.23. The first-order valence-corrected chi connectivity index (χ1v) is 5.99. The van der Waals surface area contributed by atoms with Gasteiger partial charge in [0.1, 0.15) is 0 Å². The van der Waals surface area contributed by atoms with Crippen molar-refractivity contribution < 1.29 is 10.1 Å². The van der Waals surface area contributed by atoms with Crippen molar-refractivity contribution in [3.8, 4) is 0 Å². The predicted octanol–water partition coefficient (Wildman–Crippen LogP) is 3.29. The Hall–Kier alpha value is -1.88. The van der Waals surface area contributed by atoms with Gasteiger partial charge in [-0.3, -0.25) is 15.3 Å². The number of nitro benzene ring substituents is 1. The molecule has 96 valence electrons.